The second-order valence-corrected chi connectivity index (χ2v) is 11.4. The molecule has 0 spiro atoms. The zero-order valence-corrected chi connectivity index (χ0v) is 17.1. The molecule has 4 saturated carbocycles. The summed E-state index contributed by atoms with van der Waals surface area (Å²) in [5, 5.41) is 21.1. The first-order valence-corrected chi connectivity index (χ1v) is 11.0. The van der Waals surface area contributed by atoms with E-state index in [0.717, 1.165) is 36.5 Å². The van der Waals surface area contributed by atoms with E-state index in [-0.39, 0.29) is 6.10 Å². The molecule has 2 N–H and O–H groups in total. The van der Waals surface area contributed by atoms with Gasteiger partial charge >= 0.3 is 0 Å². The lowest BCUT2D eigenvalue weighted by Crippen LogP contribution is -2.58. The third-order valence-corrected chi connectivity index (χ3v) is 9.97. The number of fused-ring (bicyclic) bond motifs is 5. The summed E-state index contributed by atoms with van der Waals surface area (Å²) in [4.78, 5) is 0. The Labute approximate surface area is 154 Å². The quantitative estimate of drug-likeness (QED) is 0.698. The van der Waals surface area contributed by atoms with E-state index in [1.165, 1.54) is 38.5 Å². The molecule has 0 radical (unpaired) electrons. The molecule has 2 nitrogen and oxygen atoms in total. The van der Waals surface area contributed by atoms with E-state index in [4.69, 9.17) is 0 Å². The van der Waals surface area contributed by atoms with Crippen molar-refractivity contribution in [2.75, 3.05) is 0 Å². The number of aliphatic hydroxyl groups excluding tert-OH is 1. The van der Waals surface area contributed by atoms with Crippen LogP contribution in [0.15, 0.2) is 0 Å². The molecule has 2 heteroatoms. The molecular weight excluding hydrogens is 308 g/mol. The first-order valence-electron chi connectivity index (χ1n) is 11.0. The van der Waals surface area contributed by atoms with Crippen molar-refractivity contribution in [1.82, 2.24) is 0 Å². The number of aliphatic hydroxyl groups is 2. The Kier molecular flexibility index (Phi) is 4.18. The molecule has 0 heterocycles. The van der Waals surface area contributed by atoms with Crippen molar-refractivity contribution in [2.24, 2.45) is 46.3 Å². The molecule has 0 amide bonds. The Hall–Kier alpha value is -0.0800. The molecule has 144 valence electrons. The lowest BCUT2D eigenvalue weighted by molar-refractivity contribution is -0.167. The van der Waals surface area contributed by atoms with E-state index in [1.54, 1.807) is 0 Å². The maximum absolute atomic E-state index is 10.7. The Morgan fingerprint density at radius 2 is 1.60 bits per heavy atom. The van der Waals surface area contributed by atoms with Gasteiger partial charge in [0, 0.05) is 0 Å². The van der Waals surface area contributed by atoms with Crippen LogP contribution >= 0.6 is 0 Å². The van der Waals surface area contributed by atoms with E-state index >= 15 is 0 Å². The average molecular weight is 349 g/mol. The second kappa shape index (κ2) is 5.71. The summed E-state index contributed by atoms with van der Waals surface area (Å²) in [6.07, 6.45) is 9.56. The molecule has 4 fully saturated rings. The Morgan fingerprint density at radius 3 is 2.28 bits per heavy atom. The highest BCUT2D eigenvalue weighted by Gasteiger charge is 2.62. The van der Waals surface area contributed by atoms with Crippen LogP contribution in [0.1, 0.15) is 86.0 Å². The van der Waals surface area contributed by atoms with E-state index in [0.29, 0.717) is 22.7 Å². The van der Waals surface area contributed by atoms with Gasteiger partial charge in [-0.25, -0.2) is 0 Å². The van der Waals surface area contributed by atoms with Crippen LogP contribution in [0.25, 0.3) is 0 Å². The normalized spacial score (nSPS) is 59.6. The van der Waals surface area contributed by atoms with Gasteiger partial charge in [0.2, 0.25) is 0 Å². The predicted molar refractivity (Wildman–Crippen MR) is 102 cm³/mol. The fourth-order valence-corrected chi connectivity index (χ4v) is 8.65. The van der Waals surface area contributed by atoms with Gasteiger partial charge in [0.15, 0.2) is 0 Å². The van der Waals surface area contributed by atoms with Gasteiger partial charge in [-0.05, 0) is 112 Å². The van der Waals surface area contributed by atoms with Gasteiger partial charge in [0.25, 0.3) is 0 Å². The molecule has 25 heavy (non-hydrogen) atoms. The fourth-order valence-electron chi connectivity index (χ4n) is 8.65. The minimum Gasteiger partial charge on any atom is -0.393 e. The van der Waals surface area contributed by atoms with Crippen molar-refractivity contribution in [3.8, 4) is 0 Å². The van der Waals surface area contributed by atoms with Gasteiger partial charge in [0.05, 0.1) is 11.7 Å². The molecule has 4 aliphatic carbocycles. The summed E-state index contributed by atoms with van der Waals surface area (Å²) < 4.78 is 0. The third kappa shape index (κ3) is 2.57. The zero-order valence-electron chi connectivity index (χ0n) is 17.1. The minimum absolute atomic E-state index is 0.154. The van der Waals surface area contributed by atoms with Crippen LogP contribution in [0.2, 0.25) is 0 Å². The minimum atomic E-state index is -0.440. The Bertz CT molecular complexity index is 526. The van der Waals surface area contributed by atoms with E-state index in [2.05, 4.69) is 27.7 Å². The molecule has 0 saturated heterocycles. The lowest BCUT2D eigenvalue weighted by Gasteiger charge is -2.63. The van der Waals surface area contributed by atoms with Crippen molar-refractivity contribution in [3.63, 3.8) is 0 Å². The van der Waals surface area contributed by atoms with Gasteiger partial charge in [-0.15, -0.1) is 0 Å². The summed E-state index contributed by atoms with van der Waals surface area (Å²) in [5.74, 6) is 4.46. The van der Waals surface area contributed by atoms with Crippen LogP contribution < -0.4 is 0 Å². The Balaban J connectivity index is 1.65. The summed E-state index contributed by atoms with van der Waals surface area (Å²) in [7, 11) is 0. The molecule has 4 aliphatic rings. The van der Waals surface area contributed by atoms with Crippen molar-refractivity contribution in [3.05, 3.63) is 0 Å². The van der Waals surface area contributed by atoms with Gasteiger partial charge in [-0.1, -0.05) is 20.8 Å². The summed E-state index contributed by atoms with van der Waals surface area (Å²) in [5.41, 5.74) is 0.349. The molecule has 4 rings (SSSR count). The van der Waals surface area contributed by atoms with Gasteiger partial charge in [-0.2, -0.15) is 0 Å². The fraction of sp³-hybridized carbons (Fsp3) is 1.00. The molecule has 0 aromatic heterocycles. The van der Waals surface area contributed by atoms with Crippen LogP contribution in [0.4, 0.5) is 0 Å². The van der Waals surface area contributed by atoms with Gasteiger partial charge in [-0.3, -0.25) is 0 Å². The lowest BCUT2D eigenvalue weighted by atomic mass is 9.42. The number of rotatable bonds is 1. The third-order valence-electron chi connectivity index (χ3n) is 9.97. The maximum Gasteiger partial charge on any atom is 0.0622 e. The van der Waals surface area contributed by atoms with Crippen molar-refractivity contribution in [2.45, 2.75) is 97.7 Å². The SMILES string of the molecule is CC(O)C1CC[C@H]2[C@@H]3[C@H](C)C[C@H]4C[C@](C)(O)CC[C@]4(C)[C@H]3CC[C@]12C. The molecule has 0 bridgehead atoms. The Morgan fingerprint density at radius 1 is 0.920 bits per heavy atom. The zero-order chi connectivity index (χ0) is 18.2. The van der Waals surface area contributed by atoms with Gasteiger partial charge < -0.3 is 10.2 Å². The van der Waals surface area contributed by atoms with Crippen molar-refractivity contribution in [1.29, 1.82) is 0 Å². The standard InChI is InChI=1S/C23H40O2/c1-14-12-16-13-21(3,25)10-11-22(16,4)19-8-9-23(5)17(15(2)24)6-7-18(23)20(14)19/h14-20,24-25H,6-13H2,1-5H3/t14-,15?,16+,17?,18+,19+,20+,21-,22+,23-/m1/s1. The smallest absolute Gasteiger partial charge is 0.0622 e. The van der Waals surface area contributed by atoms with Crippen LogP contribution in [-0.4, -0.2) is 21.9 Å². The van der Waals surface area contributed by atoms with Crippen LogP contribution in [-0.2, 0) is 0 Å². The highest BCUT2D eigenvalue weighted by atomic mass is 16.3. The van der Waals surface area contributed by atoms with Crippen molar-refractivity contribution >= 4 is 0 Å². The van der Waals surface area contributed by atoms with E-state index in [9.17, 15) is 10.2 Å². The van der Waals surface area contributed by atoms with E-state index < -0.39 is 5.60 Å². The first-order chi connectivity index (χ1) is 11.6. The summed E-state index contributed by atoms with van der Waals surface area (Å²) in [6.45, 7) is 11.7. The monoisotopic (exact) mass is 348 g/mol. The maximum atomic E-state index is 10.7. The molecule has 0 aliphatic heterocycles. The van der Waals surface area contributed by atoms with Crippen LogP contribution in [0.3, 0.4) is 0 Å². The van der Waals surface area contributed by atoms with E-state index in [1.807, 2.05) is 6.92 Å². The van der Waals surface area contributed by atoms with Gasteiger partial charge in [0.1, 0.15) is 0 Å². The van der Waals surface area contributed by atoms with Crippen LogP contribution in [0.5, 0.6) is 0 Å². The number of hydrogen-bond acceptors (Lipinski definition) is 2. The predicted octanol–water partition coefficient (Wildman–Crippen LogP) is 5.02. The topological polar surface area (TPSA) is 40.5 Å². The molecule has 0 aromatic carbocycles. The average Bonchev–Trinajstić information content (AvgIpc) is 2.86. The highest BCUT2D eigenvalue weighted by Crippen LogP contribution is 2.69. The largest absolute Gasteiger partial charge is 0.393 e. The molecular formula is C23H40O2. The van der Waals surface area contributed by atoms with Crippen LogP contribution in [0, 0.1) is 46.3 Å². The first kappa shape index (κ1) is 18.3. The molecule has 10 atom stereocenters. The molecule has 0 aromatic rings. The van der Waals surface area contributed by atoms with Crippen molar-refractivity contribution < 1.29 is 10.2 Å². The summed E-state index contributed by atoms with van der Waals surface area (Å²) >= 11 is 0. The number of hydrogen-bond donors (Lipinski definition) is 2. The summed E-state index contributed by atoms with van der Waals surface area (Å²) in [6, 6.07) is 0. The highest BCUT2D eigenvalue weighted by molar-refractivity contribution is 5.11. The second-order valence-electron chi connectivity index (χ2n) is 11.4. The molecule has 2 unspecified atom stereocenters.